The van der Waals surface area contributed by atoms with Gasteiger partial charge >= 0.3 is 0 Å². The van der Waals surface area contributed by atoms with Crippen molar-refractivity contribution >= 4 is 23.2 Å². The number of benzene rings is 1. The molecule has 0 heterocycles. The average Bonchev–Trinajstić information content (AvgIpc) is 2.08. The van der Waals surface area contributed by atoms with Crippen molar-refractivity contribution in [1.82, 2.24) is 0 Å². The minimum absolute atomic E-state index is 0.389. The fraction of sp³-hybridized carbons (Fsp3) is 0.200. The van der Waals surface area contributed by atoms with Gasteiger partial charge in [-0.05, 0) is 18.6 Å². The van der Waals surface area contributed by atoms with Gasteiger partial charge in [0.25, 0.3) is 0 Å². The second kappa shape index (κ2) is 4.14. The third-order valence-electron chi connectivity index (χ3n) is 1.74. The van der Waals surface area contributed by atoms with E-state index in [2.05, 4.69) is 6.58 Å². The van der Waals surface area contributed by atoms with E-state index < -0.39 is 6.10 Å². The molecule has 0 aromatic heterocycles. The van der Waals surface area contributed by atoms with Crippen molar-refractivity contribution in [2.24, 2.45) is 0 Å². The number of halogens is 2. The molecular weight excluding hydrogens is 207 g/mol. The molecule has 1 atom stereocenters. The molecule has 1 unspecified atom stereocenters. The van der Waals surface area contributed by atoms with Gasteiger partial charge in [-0.1, -0.05) is 41.9 Å². The predicted octanol–water partition coefficient (Wildman–Crippen LogP) is 3.60. The summed E-state index contributed by atoms with van der Waals surface area (Å²) < 4.78 is 0. The Morgan fingerprint density at radius 1 is 1.46 bits per heavy atom. The molecule has 1 aromatic rings. The van der Waals surface area contributed by atoms with Gasteiger partial charge in [0.2, 0.25) is 0 Å². The monoisotopic (exact) mass is 216 g/mol. The lowest BCUT2D eigenvalue weighted by molar-refractivity contribution is 0.216. The van der Waals surface area contributed by atoms with E-state index in [9.17, 15) is 5.11 Å². The van der Waals surface area contributed by atoms with Gasteiger partial charge in [-0.2, -0.15) is 0 Å². The molecule has 0 aliphatic carbocycles. The van der Waals surface area contributed by atoms with Crippen LogP contribution >= 0.6 is 23.2 Å². The topological polar surface area (TPSA) is 20.2 Å². The molecule has 0 bridgehead atoms. The summed E-state index contributed by atoms with van der Waals surface area (Å²) in [5, 5.41) is 10.5. The first-order chi connectivity index (χ1) is 6.04. The van der Waals surface area contributed by atoms with Gasteiger partial charge < -0.3 is 5.11 Å². The van der Waals surface area contributed by atoms with Gasteiger partial charge in [0.1, 0.15) is 6.10 Å². The standard InChI is InChI=1S/C10H10Cl2O/c1-6(2)10(13)7-4-3-5-8(11)9(7)12/h3-5,10,13H,1H2,2H3. The Kier molecular flexibility index (Phi) is 3.37. The van der Waals surface area contributed by atoms with Crippen LogP contribution in [-0.4, -0.2) is 5.11 Å². The summed E-state index contributed by atoms with van der Waals surface area (Å²) in [4.78, 5) is 0. The molecule has 1 rings (SSSR count). The molecule has 0 spiro atoms. The molecule has 0 saturated carbocycles. The van der Waals surface area contributed by atoms with E-state index >= 15 is 0 Å². The van der Waals surface area contributed by atoms with Crippen LogP contribution in [0, 0.1) is 0 Å². The van der Waals surface area contributed by atoms with E-state index in [1.807, 2.05) is 0 Å². The van der Waals surface area contributed by atoms with E-state index in [1.54, 1.807) is 25.1 Å². The summed E-state index contributed by atoms with van der Waals surface area (Å²) in [6, 6.07) is 5.15. The molecule has 1 aromatic carbocycles. The Balaban J connectivity index is 3.15. The molecule has 0 aliphatic heterocycles. The largest absolute Gasteiger partial charge is 0.384 e. The molecule has 0 radical (unpaired) electrons. The maximum atomic E-state index is 9.66. The number of aliphatic hydroxyl groups excluding tert-OH is 1. The lowest BCUT2D eigenvalue weighted by Crippen LogP contribution is -1.98. The van der Waals surface area contributed by atoms with Gasteiger partial charge in [-0.15, -0.1) is 0 Å². The van der Waals surface area contributed by atoms with E-state index in [0.29, 0.717) is 21.2 Å². The van der Waals surface area contributed by atoms with Crippen LogP contribution < -0.4 is 0 Å². The van der Waals surface area contributed by atoms with E-state index in [4.69, 9.17) is 23.2 Å². The quantitative estimate of drug-likeness (QED) is 0.750. The van der Waals surface area contributed by atoms with Crippen LogP contribution in [-0.2, 0) is 0 Å². The van der Waals surface area contributed by atoms with Crippen LogP contribution in [0.15, 0.2) is 30.4 Å². The van der Waals surface area contributed by atoms with Gasteiger partial charge in [0.15, 0.2) is 0 Å². The van der Waals surface area contributed by atoms with Gasteiger partial charge in [0.05, 0.1) is 10.0 Å². The molecule has 0 amide bonds. The number of aliphatic hydroxyl groups is 1. The Morgan fingerprint density at radius 2 is 2.08 bits per heavy atom. The highest BCUT2D eigenvalue weighted by Gasteiger charge is 2.13. The normalized spacial score (nSPS) is 12.6. The van der Waals surface area contributed by atoms with Crippen LogP contribution in [0.2, 0.25) is 10.0 Å². The zero-order valence-corrected chi connectivity index (χ0v) is 8.73. The third-order valence-corrected chi connectivity index (χ3v) is 2.58. The SMILES string of the molecule is C=C(C)C(O)c1cccc(Cl)c1Cl. The van der Waals surface area contributed by atoms with Crippen LogP contribution in [0.4, 0.5) is 0 Å². The maximum Gasteiger partial charge on any atom is 0.101 e. The first-order valence-electron chi connectivity index (χ1n) is 3.81. The highest BCUT2D eigenvalue weighted by molar-refractivity contribution is 6.42. The molecule has 0 saturated heterocycles. The zero-order chi connectivity index (χ0) is 10.0. The van der Waals surface area contributed by atoms with E-state index in [-0.39, 0.29) is 0 Å². The van der Waals surface area contributed by atoms with Gasteiger partial charge in [-0.3, -0.25) is 0 Å². The summed E-state index contributed by atoms with van der Waals surface area (Å²) in [6.07, 6.45) is -0.744. The summed E-state index contributed by atoms with van der Waals surface area (Å²) >= 11 is 11.7. The molecule has 3 heteroatoms. The summed E-state index contributed by atoms with van der Waals surface area (Å²) in [6.45, 7) is 5.39. The van der Waals surface area contributed by atoms with E-state index in [1.165, 1.54) is 0 Å². The third kappa shape index (κ3) is 2.25. The van der Waals surface area contributed by atoms with Crippen molar-refractivity contribution in [2.75, 3.05) is 0 Å². The Morgan fingerprint density at radius 3 is 2.62 bits per heavy atom. The van der Waals surface area contributed by atoms with Crippen molar-refractivity contribution in [3.63, 3.8) is 0 Å². The first kappa shape index (κ1) is 10.6. The zero-order valence-electron chi connectivity index (χ0n) is 7.22. The Bertz CT molecular complexity index is 334. The van der Waals surface area contributed by atoms with Crippen molar-refractivity contribution in [3.05, 3.63) is 46.0 Å². The molecular formula is C10H10Cl2O. The summed E-state index contributed by atoms with van der Waals surface area (Å²) in [5.41, 5.74) is 1.24. The smallest absolute Gasteiger partial charge is 0.101 e. The second-order valence-corrected chi connectivity index (χ2v) is 3.68. The number of rotatable bonds is 2. The van der Waals surface area contributed by atoms with Gasteiger partial charge in [0, 0.05) is 5.56 Å². The van der Waals surface area contributed by atoms with Crippen molar-refractivity contribution < 1.29 is 5.11 Å². The molecule has 1 nitrogen and oxygen atoms in total. The van der Waals surface area contributed by atoms with Crippen molar-refractivity contribution in [3.8, 4) is 0 Å². The molecule has 13 heavy (non-hydrogen) atoms. The lowest BCUT2D eigenvalue weighted by atomic mass is 10.0. The van der Waals surface area contributed by atoms with Crippen molar-refractivity contribution in [1.29, 1.82) is 0 Å². The van der Waals surface area contributed by atoms with Crippen molar-refractivity contribution in [2.45, 2.75) is 13.0 Å². The van der Waals surface area contributed by atoms with E-state index in [0.717, 1.165) is 0 Å². The highest BCUT2D eigenvalue weighted by Crippen LogP contribution is 2.32. The first-order valence-corrected chi connectivity index (χ1v) is 4.57. The molecule has 0 fully saturated rings. The fourth-order valence-electron chi connectivity index (χ4n) is 0.997. The summed E-state index contributed by atoms with van der Waals surface area (Å²) in [5.74, 6) is 0. The van der Waals surface area contributed by atoms with Crippen LogP contribution in [0.25, 0.3) is 0 Å². The molecule has 0 aliphatic rings. The highest BCUT2D eigenvalue weighted by atomic mass is 35.5. The molecule has 1 N–H and O–H groups in total. The lowest BCUT2D eigenvalue weighted by Gasteiger charge is -2.12. The minimum Gasteiger partial charge on any atom is -0.384 e. The minimum atomic E-state index is -0.744. The molecule has 70 valence electrons. The van der Waals surface area contributed by atoms with Gasteiger partial charge in [-0.25, -0.2) is 0 Å². The van der Waals surface area contributed by atoms with Crippen LogP contribution in [0.1, 0.15) is 18.6 Å². The fourth-order valence-corrected chi connectivity index (χ4v) is 1.41. The van der Waals surface area contributed by atoms with Crippen LogP contribution in [0.3, 0.4) is 0 Å². The number of hydrogen-bond acceptors (Lipinski definition) is 1. The second-order valence-electron chi connectivity index (χ2n) is 2.89. The maximum absolute atomic E-state index is 9.66. The number of hydrogen-bond donors (Lipinski definition) is 1. The Hall–Kier alpha value is -0.500. The Labute approximate surface area is 87.6 Å². The summed E-state index contributed by atoms with van der Waals surface area (Å²) in [7, 11) is 0. The predicted molar refractivity (Wildman–Crippen MR) is 56.2 cm³/mol. The average molecular weight is 217 g/mol. The van der Waals surface area contributed by atoms with Crippen LogP contribution in [0.5, 0.6) is 0 Å².